The van der Waals surface area contributed by atoms with Crippen LogP contribution in [0.3, 0.4) is 0 Å². The minimum atomic E-state index is -0.190. The molecule has 7 heteroatoms. The molecule has 1 aromatic carbocycles. The highest BCUT2D eigenvalue weighted by atomic mass is 16.6. The van der Waals surface area contributed by atoms with E-state index in [4.69, 9.17) is 9.47 Å². The van der Waals surface area contributed by atoms with Gasteiger partial charge in [-0.2, -0.15) is 0 Å². The molecular formula is C20H27N3O4. The SMILES string of the molecule is C[C@@H]1CCCC[C@H]1NC(=O)N[C@@H]1CC(=O)N(c2ccc3c(c2)OCCO3)C1. The summed E-state index contributed by atoms with van der Waals surface area (Å²) in [6.07, 6.45) is 4.89. The Labute approximate surface area is 159 Å². The van der Waals surface area contributed by atoms with Crippen molar-refractivity contribution in [2.24, 2.45) is 5.92 Å². The van der Waals surface area contributed by atoms with Crippen molar-refractivity contribution < 1.29 is 19.1 Å². The summed E-state index contributed by atoms with van der Waals surface area (Å²) < 4.78 is 11.1. The maximum absolute atomic E-state index is 12.5. The van der Waals surface area contributed by atoms with Crippen molar-refractivity contribution in [3.05, 3.63) is 18.2 Å². The van der Waals surface area contributed by atoms with E-state index in [0.717, 1.165) is 24.9 Å². The molecule has 4 rings (SSSR count). The normalized spacial score (nSPS) is 27.4. The Kier molecular flexibility index (Phi) is 5.09. The van der Waals surface area contributed by atoms with Crippen LogP contribution in [0.2, 0.25) is 0 Å². The first-order valence-corrected chi connectivity index (χ1v) is 9.87. The van der Waals surface area contributed by atoms with Crippen molar-refractivity contribution in [2.45, 2.75) is 51.1 Å². The molecule has 2 fully saturated rings. The first-order valence-electron chi connectivity index (χ1n) is 9.87. The number of hydrogen-bond acceptors (Lipinski definition) is 4. The van der Waals surface area contributed by atoms with Gasteiger partial charge in [-0.1, -0.05) is 19.8 Å². The van der Waals surface area contributed by atoms with Crippen LogP contribution >= 0.6 is 0 Å². The predicted molar refractivity (Wildman–Crippen MR) is 101 cm³/mol. The van der Waals surface area contributed by atoms with E-state index in [1.165, 1.54) is 6.42 Å². The lowest BCUT2D eigenvalue weighted by Gasteiger charge is -2.30. The fourth-order valence-electron chi connectivity index (χ4n) is 4.18. The summed E-state index contributed by atoms with van der Waals surface area (Å²) in [4.78, 5) is 26.5. The Morgan fingerprint density at radius 2 is 1.89 bits per heavy atom. The third-order valence-corrected chi connectivity index (χ3v) is 5.73. The molecule has 3 atom stereocenters. The van der Waals surface area contributed by atoms with Crippen LogP contribution in [0.5, 0.6) is 11.5 Å². The van der Waals surface area contributed by atoms with Crippen molar-refractivity contribution in [3.8, 4) is 11.5 Å². The maximum Gasteiger partial charge on any atom is 0.315 e. The highest BCUT2D eigenvalue weighted by Crippen LogP contribution is 2.35. The summed E-state index contributed by atoms with van der Waals surface area (Å²) in [5, 5.41) is 6.06. The van der Waals surface area contributed by atoms with Gasteiger partial charge in [0.1, 0.15) is 13.2 Å². The third kappa shape index (κ3) is 3.96. The Balaban J connectivity index is 1.35. The van der Waals surface area contributed by atoms with Gasteiger partial charge in [0, 0.05) is 30.8 Å². The summed E-state index contributed by atoms with van der Waals surface area (Å²) in [6.45, 7) is 3.70. The van der Waals surface area contributed by atoms with E-state index in [1.54, 1.807) is 4.90 Å². The van der Waals surface area contributed by atoms with Gasteiger partial charge in [0.15, 0.2) is 11.5 Å². The smallest absolute Gasteiger partial charge is 0.315 e. The lowest BCUT2D eigenvalue weighted by molar-refractivity contribution is -0.117. The highest BCUT2D eigenvalue weighted by molar-refractivity contribution is 5.97. The number of nitrogens with one attached hydrogen (secondary N) is 2. The third-order valence-electron chi connectivity index (χ3n) is 5.73. The maximum atomic E-state index is 12.5. The molecule has 27 heavy (non-hydrogen) atoms. The number of hydrogen-bond donors (Lipinski definition) is 2. The quantitative estimate of drug-likeness (QED) is 0.853. The van der Waals surface area contributed by atoms with Gasteiger partial charge in [0.05, 0.1) is 6.04 Å². The van der Waals surface area contributed by atoms with Gasteiger partial charge in [-0.15, -0.1) is 0 Å². The van der Waals surface area contributed by atoms with Gasteiger partial charge >= 0.3 is 6.03 Å². The van der Waals surface area contributed by atoms with Crippen LogP contribution in [0.15, 0.2) is 18.2 Å². The second-order valence-electron chi connectivity index (χ2n) is 7.72. The lowest BCUT2D eigenvalue weighted by atomic mass is 9.86. The monoisotopic (exact) mass is 373 g/mol. The molecule has 146 valence electrons. The standard InChI is InChI=1S/C20H27N3O4/c1-13-4-2-3-5-16(13)22-20(25)21-14-10-19(24)23(12-14)15-6-7-17-18(11-15)27-9-8-26-17/h6-7,11,13-14,16H,2-5,8-10,12H2,1H3,(H2,21,22,25)/t13-,14-,16-/m1/s1. The average molecular weight is 373 g/mol. The minimum Gasteiger partial charge on any atom is -0.486 e. The second kappa shape index (κ2) is 7.66. The number of anilines is 1. The number of amides is 3. The first-order chi connectivity index (χ1) is 13.1. The Hall–Kier alpha value is -2.44. The van der Waals surface area contributed by atoms with E-state index < -0.39 is 0 Å². The molecule has 0 radical (unpaired) electrons. The molecule has 0 spiro atoms. The number of benzene rings is 1. The molecule has 7 nitrogen and oxygen atoms in total. The van der Waals surface area contributed by atoms with Crippen LogP contribution in [0, 0.1) is 5.92 Å². The van der Waals surface area contributed by atoms with Gasteiger partial charge in [0.2, 0.25) is 5.91 Å². The number of fused-ring (bicyclic) bond motifs is 1. The van der Waals surface area contributed by atoms with Gasteiger partial charge in [-0.3, -0.25) is 4.79 Å². The Morgan fingerprint density at radius 3 is 2.70 bits per heavy atom. The number of ether oxygens (including phenoxy) is 2. The van der Waals surface area contributed by atoms with Crippen LogP contribution < -0.4 is 25.0 Å². The molecule has 2 N–H and O–H groups in total. The molecule has 2 heterocycles. The van der Waals surface area contributed by atoms with Crippen LogP contribution in [-0.2, 0) is 4.79 Å². The molecule has 0 unspecified atom stereocenters. The predicted octanol–water partition coefficient (Wildman–Crippen LogP) is 2.44. The summed E-state index contributed by atoms with van der Waals surface area (Å²) in [5.41, 5.74) is 0.773. The number of nitrogens with zero attached hydrogens (tertiary/aromatic N) is 1. The summed E-state index contributed by atoms with van der Waals surface area (Å²) in [6, 6.07) is 5.38. The number of rotatable bonds is 3. The van der Waals surface area contributed by atoms with Crippen LogP contribution in [0.25, 0.3) is 0 Å². The van der Waals surface area contributed by atoms with E-state index in [9.17, 15) is 9.59 Å². The lowest BCUT2D eigenvalue weighted by Crippen LogP contribution is -2.49. The molecule has 1 saturated carbocycles. The zero-order valence-corrected chi connectivity index (χ0v) is 15.7. The van der Waals surface area contributed by atoms with Crippen molar-refractivity contribution in [3.63, 3.8) is 0 Å². The van der Waals surface area contributed by atoms with Crippen LogP contribution in [-0.4, -0.2) is 43.8 Å². The summed E-state index contributed by atoms with van der Waals surface area (Å²) >= 11 is 0. The molecule has 1 saturated heterocycles. The van der Waals surface area contributed by atoms with Gasteiger partial charge in [-0.25, -0.2) is 4.79 Å². The van der Waals surface area contributed by atoms with Crippen molar-refractivity contribution in [2.75, 3.05) is 24.7 Å². The van der Waals surface area contributed by atoms with E-state index in [-0.39, 0.29) is 24.0 Å². The van der Waals surface area contributed by atoms with E-state index in [1.807, 2.05) is 18.2 Å². The van der Waals surface area contributed by atoms with Crippen LogP contribution in [0.1, 0.15) is 39.0 Å². The highest BCUT2D eigenvalue weighted by Gasteiger charge is 2.33. The second-order valence-corrected chi connectivity index (χ2v) is 7.72. The molecule has 0 bridgehead atoms. The van der Waals surface area contributed by atoms with E-state index in [0.29, 0.717) is 43.6 Å². The molecule has 3 amide bonds. The molecular weight excluding hydrogens is 346 g/mol. The van der Waals surface area contributed by atoms with E-state index in [2.05, 4.69) is 17.6 Å². The Morgan fingerprint density at radius 1 is 1.11 bits per heavy atom. The molecule has 3 aliphatic rings. The van der Waals surface area contributed by atoms with Crippen molar-refractivity contribution in [1.82, 2.24) is 10.6 Å². The van der Waals surface area contributed by atoms with Crippen LogP contribution in [0.4, 0.5) is 10.5 Å². The average Bonchev–Trinajstić information content (AvgIpc) is 3.03. The fourth-order valence-corrected chi connectivity index (χ4v) is 4.18. The molecule has 1 aliphatic carbocycles. The topological polar surface area (TPSA) is 79.9 Å². The molecule has 1 aromatic rings. The minimum absolute atomic E-state index is 0.00279. The van der Waals surface area contributed by atoms with Crippen molar-refractivity contribution >= 4 is 17.6 Å². The fraction of sp³-hybridized carbons (Fsp3) is 0.600. The number of carbonyl (C=O) groups excluding carboxylic acids is 2. The number of urea groups is 1. The number of carbonyl (C=O) groups is 2. The Bertz CT molecular complexity index is 723. The van der Waals surface area contributed by atoms with Gasteiger partial charge < -0.3 is 25.0 Å². The molecule has 2 aliphatic heterocycles. The zero-order chi connectivity index (χ0) is 18.8. The first kappa shape index (κ1) is 17.9. The summed E-state index contributed by atoms with van der Waals surface area (Å²) in [5.74, 6) is 1.87. The summed E-state index contributed by atoms with van der Waals surface area (Å²) in [7, 11) is 0. The van der Waals surface area contributed by atoms with Gasteiger partial charge in [0.25, 0.3) is 0 Å². The van der Waals surface area contributed by atoms with Crippen molar-refractivity contribution in [1.29, 1.82) is 0 Å². The zero-order valence-electron chi connectivity index (χ0n) is 15.7. The van der Waals surface area contributed by atoms with Gasteiger partial charge in [-0.05, 0) is 30.9 Å². The largest absolute Gasteiger partial charge is 0.486 e. The van der Waals surface area contributed by atoms with E-state index >= 15 is 0 Å². The molecule has 0 aromatic heterocycles.